The summed E-state index contributed by atoms with van der Waals surface area (Å²) in [5.41, 5.74) is 3.26. The first-order valence-corrected chi connectivity index (χ1v) is 6.44. The van der Waals surface area contributed by atoms with Crippen LogP contribution in [0.25, 0.3) is 0 Å². The SMILES string of the molecule is CNc1cccc(CNc2cc(Cl)c(C)cc2F)c1. The Labute approximate surface area is 117 Å². The van der Waals surface area contributed by atoms with Crippen molar-refractivity contribution in [1.29, 1.82) is 0 Å². The average molecular weight is 279 g/mol. The molecule has 4 heteroatoms. The van der Waals surface area contributed by atoms with Crippen molar-refractivity contribution in [2.45, 2.75) is 13.5 Å². The minimum atomic E-state index is -0.285. The molecule has 0 atom stereocenters. The van der Waals surface area contributed by atoms with Crippen molar-refractivity contribution in [3.8, 4) is 0 Å². The molecule has 2 aromatic carbocycles. The van der Waals surface area contributed by atoms with Gasteiger partial charge in [0.05, 0.1) is 5.69 Å². The Bertz CT molecular complexity index is 584. The topological polar surface area (TPSA) is 24.1 Å². The van der Waals surface area contributed by atoms with Crippen LogP contribution in [0.2, 0.25) is 5.02 Å². The molecule has 0 aromatic heterocycles. The van der Waals surface area contributed by atoms with Gasteiger partial charge in [0.1, 0.15) is 5.82 Å². The summed E-state index contributed by atoms with van der Waals surface area (Å²) in [4.78, 5) is 0. The van der Waals surface area contributed by atoms with Crippen LogP contribution in [-0.4, -0.2) is 7.05 Å². The third-order valence-electron chi connectivity index (χ3n) is 2.95. The van der Waals surface area contributed by atoms with E-state index in [2.05, 4.69) is 10.6 Å². The van der Waals surface area contributed by atoms with E-state index in [0.29, 0.717) is 17.3 Å². The lowest BCUT2D eigenvalue weighted by Crippen LogP contribution is -2.02. The second-order valence-corrected chi connectivity index (χ2v) is 4.79. The number of aryl methyl sites for hydroxylation is 1. The van der Waals surface area contributed by atoms with E-state index in [0.717, 1.165) is 16.8 Å². The van der Waals surface area contributed by atoms with Crippen molar-refractivity contribution in [2.24, 2.45) is 0 Å². The fourth-order valence-electron chi connectivity index (χ4n) is 1.82. The zero-order chi connectivity index (χ0) is 13.8. The molecule has 0 fully saturated rings. The Morgan fingerprint density at radius 2 is 2.00 bits per heavy atom. The van der Waals surface area contributed by atoms with Gasteiger partial charge in [-0.05, 0) is 42.3 Å². The molecule has 0 radical (unpaired) electrons. The summed E-state index contributed by atoms with van der Waals surface area (Å²) in [6, 6.07) is 11.0. The van der Waals surface area contributed by atoms with Crippen molar-refractivity contribution in [3.63, 3.8) is 0 Å². The van der Waals surface area contributed by atoms with Crippen LogP contribution in [-0.2, 0) is 6.54 Å². The summed E-state index contributed by atoms with van der Waals surface area (Å²) in [6.45, 7) is 2.33. The Morgan fingerprint density at radius 3 is 2.74 bits per heavy atom. The van der Waals surface area contributed by atoms with Crippen LogP contribution >= 0.6 is 11.6 Å². The first-order chi connectivity index (χ1) is 9.10. The van der Waals surface area contributed by atoms with Gasteiger partial charge in [-0.15, -0.1) is 0 Å². The molecule has 0 aliphatic rings. The van der Waals surface area contributed by atoms with Gasteiger partial charge in [0.2, 0.25) is 0 Å². The van der Waals surface area contributed by atoms with Crippen molar-refractivity contribution in [3.05, 3.63) is 58.4 Å². The van der Waals surface area contributed by atoms with E-state index in [9.17, 15) is 4.39 Å². The third kappa shape index (κ3) is 3.38. The fourth-order valence-corrected chi connectivity index (χ4v) is 1.98. The number of rotatable bonds is 4. The van der Waals surface area contributed by atoms with Crippen LogP contribution in [0, 0.1) is 12.7 Å². The van der Waals surface area contributed by atoms with Crippen LogP contribution < -0.4 is 10.6 Å². The first-order valence-electron chi connectivity index (χ1n) is 6.06. The van der Waals surface area contributed by atoms with Crippen LogP contribution in [0.15, 0.2) is 36.4 Å². The second-order valence-electron chi connectivity index (χ2n) is 4.39. The molecule has 0 amide bonds. The Hall–Kier alpha value is -1.74. The lowest BCUT2D eigenvalue weighted by molar-refractivity contribution is 0.629. The van der Waals surface area contributed by atoms with Gasteiger partial charge >= 0.3 is 0 Å². The highest BCUT2D eigenvalue weighted by Gasteiger charge is 2.06. The van der Waals surface area contributed by atoms with E-state index >= 15 is 0 Å². The number of anilines is 2. The van der Waals surface area contributed by atoms with E-state index in [1.54, 1.807) is 13.0 Å². The van der Waals surface area contributed by atoms with Crippen LogP contribution in [0.4, 0.5) is 15.8 Å². The second kappa shape index (κ2) is 5.93. The number of nitrogens with one attached hydrogen (secondary N) is 2. The highest BCUT2D eigenvalue weighted by atomic mass is 35.5. The minimum absolute atomic E-state index is 0.285. The molecule has 2 rings (SSSR count). The summed E-state index contributed by atoms with van der Waals surface area (Å²) in [5.74, 6) is -0.285. The van der Waals surface area contributed by atoms with Gasteiger partial charge in [0, 0.05) is 24.3 Å². The molecule has 0 saturated carbocycles. The molecule has 0 heterocycles. The van der Waals surface area contributed by atoms with Crippen molar-refractivity contribution in [2.75, 3.05) is 17.7 Å². The van der Waals surface area contributed by atoms with Crippen LogP contribution in [0.3, 0.4) is 0 Å². The molecule has 0 bridgehead atoms. The third-order valence-corrected chi connectivity index (χ3v) is 3.35. The molecule has 0 spiro atoms. The molecule has 2 nitrogen and oxygen atoms in total. The van der Waals surface area contributed by atoms with Crippen LogP contribution in [0.5, 0.6) is 0 Å². The van der Waals surface area contributed by atoms with Crippen molar-refractivity contribution in [1.82, 2.24) is 0 Å². The van der Waals surface area contributed by atoms with Gasteiger partial charge in [0.25, 0.3) is 0 Å². The molecule has 19 heavy (non-hydrogen) atoms. The smallest absolute Gasteiger partial charge is 0.146 e. The van der Waals surface area contributed by atoms with Gasteiger partial charge in [-0.3, -0.25) is 0 Å². The summed E-state index contributed by atoms with van der Waals surface area (Å²) >= 11 is 6.00. The van der Waals surface area contributed by atoms with Gasteiger partial charge in [-0.2, -0.15) is 0 Å². The molecular formula is C15H16ClFN2. The highest BCUT2D eigenvalue weighted by molar-refractivity contribution is 6.31. The van der Waals surface area contributed by atoms with Crippen molar-refractivity contribution < 1.29 is 4.39 Å². The first kappa shape index (κ1) is 13.7. The van der Waals surface area contributed by atoms with Crippen molar-refractivity contribution >= 4 is 23.0 Å². The van der Waals surface area contributed by atoms with Gasteiger partial charge in [-0.1, -0.05) is 23.7 Å². The normalized spacial score (nSPS) is 10.3. The van der Waals surface area contributed by atoms with Gasteiger partial charge in [-0.25, -0.2) is 4.39 Å². The number of halogens is 2. The maximum Gasteiger partial charge on any atom is 0.146 e. The standard InChI is InChI=1S/C15H16ClFN2/c1-10-6-14(17)15(8-13(10)16)19-9-11-4-3-5-12(7-11)18-2/h3-8,18-19H,9H2,1-2H3. The zero-order valence-corrected chi connectivity index (χ0v) is 11.7. The summed E-state index contributed by atoms with van der Waals surface area (Å²) in [7, 11) is 1.87. The summed E-state index contributed by atoms with van der Waals surface area (Å²) in [5, 5.41) is 6.69. The van der Waals surface area contributed by atoms with E-state index in [-0.39, 0.29) is 5.82 Å². The maximum atomic E-state index is 13.7. The fraction of sp³-hybridized carbons (Fsp3) is 0.200. The number of benzene rings is 2. The molecule has 0 aliphatic carbocycles. The van der Waals surface area contributed by atoms with E-state index in [4.69, 9.17) is 11.6 Å². The summed E-state index contributed by atoms with van der Waals surface area (Å²) < 4.78 is 13.7. The van der Waals surface area contributed by atoms with Gasteiger partial charge < -0.3 is 10.6 Å². The Kier molecular flexibility index (Phi) is 4.27. The number of hydrogen-bond donors (Lipinski definition) is 2. The quantitative estimate of drug-likeness (QED) is 0.864. The molecule has 0 unspecified atom stereocenters. The maximum absolute atomic E-state index is 13.7. The molecule has 0 aliphatic heterocycles. The minimum Gasteiger partial charge on any atom is -0.388 e. The molecule has 0 saturated heterocycles. The predicted molar refractivity (Wildman–Crippen MR) is 79.5 cm³/mol. The average Bonchev–Trinajstić information content (AvgIpc) is 2.41. The lowest BCUT2D eigenvalue weighted by Gasteiger charge is -2.10. The van der Waals surface area contributed by atoms with E-state index in [1.165, 1.54) is 6.07 Å². The molecule has 2 N–H and O–H groups in total. The Balaban J connectivity index is 2.12. The largest absolute Gasteiger partial charge is 0.388 e. The molecular weight excluding hydrogens is 263 g/mol. The number of hydrogen-bond acceptors (Lipinski definition) is 2. The molecule has 2 aromatic rings. The summed E-state index contributed by atoms with van der Waals surface area (Å²) in [6.07, 6.45) is 0. The zero-order valence-electron chi connectivity index (χ0n) is 10.9. The van der Waals surface area contributed by atoms with Gasteiger partial charge in [0.15, 0.2) is 0 Å². The lowest BCUT2D eigenvalue weighted by atomic mass is 10.1. The van der Waals surface area contributed by atoms with E-state index in [1.807, 2.05) is 31.3 Å². The van der Waals surface area contributed by atoms with Crippen LogP contribution in [0.1, 0.15) is 11.1 Å². The monoisotopic (exact) mass is 278 g/mol. The Morgan fingerprint density at radius 1 is 1.21 bits per heavy atom. The highest BCUT2D eigenvalue weighted by Crippen LogP contribution is 2.24. The van der Waals surface area contributed by atoms with E-state index < -0.39 is 0 Å². The molecule has 100 valence electrons. The predicted octanol–water partition coefficient (Wildman–Crippen LogP) is 4.44.